The summed E-state index contributed by atoms with van der Waals surface area (Å²) in [5, 5.41) is 3.26. The molecule has 18 heavy (non-hydrogen) atoms. The quantitative estimate of drug-likeness (QED) is 0.838. The number of hydrogen-bond donors (Lipinski definition) is 0. The highest BCUT2D eigenvalue weighted by molar-refractivity contribution is 7.09. The highest BCUT2D eigenvalue weighted by Gasteiger charge is 2.49. The Hall–Kier alpha value is -0.900. The summed E-state index contributed by atoms with van der Waals surface area (Å²) in [6.07, 6.45) is 4.35. The largest absolute Gasteiger partial charge is 0.336 e. The number of aromatic nitrogens is 1. The van der Waals surface area contributed by atoms with Crippen LogP contribution in [0.1, 0.15) is 43.8 Å². The number of carbonyl (C=O) groups is 1. The molecule has 3 nitrogen and oxygen atoms in total. The fourth-order valence-electron chi connectivity index (χ4n) is 3.01. The zero-order chi connectivity index (χ0) is 12.8. The van der Waals surface area contributed by atoms with Crippen molar-refractivity contribution in [3.05, 3.63) is 16.1 Å². The third kappa shape index (κ3) is 2.18. The highest BCUT2D eigenvalue weighted by Crippen LogP contribution is 2.51. The molecule has 1 saturated heterocycles. The summed E-state index contributed by atoms with van der Waals surface area (Å²) >= 11 is 1.70. The first-order valence-corrected chi connectivity index (χ1v) is 7.70. The third-order valence-corrected chi connectivity index (χ3v) is 5.32. The second kappa shape index (κ2) is 4.34. The van der Waals surface area contributed by atoms with Gasteiger partial charge in [0, 0.05) is 18.3 Å². The van der Waals surface area contributed by atoms with Crippen molar-refractivity contribution in [3.63, 3.8) is 0 Å². The maximum absolute atomic E-state index is 12.1. The lowest BCUT2D eigenvalue weighted by Crippen LogP contribution is -2.27. The second-order valence-electron chi connectivity index (χ2n) is 5.94. The topological polar surface area (TPSA) is 33.2 Å². The molecule has 1 aliphatic heterocycles. The lowest BCUT2D eigenvalue weighted by Gasteiger charge is -2.23. The number of thiazole rings is 1. The Morgan fingerprint density at radius 3 is 2.94 bits per heavy atom. The number of hydrogen-bond acceptors (Lipinski definition) is 3. The molecule has 3 rings (SSSR count). The summed E-state index contributed by atoms with van der Waals surface area (Å²) in [4.78, 5) is 18.7. The van der Waals surface area contributed by atoms with Crippen molar-refractivity contribution < 1.29 is 4.79 Å². The Balaban J connectivity index is 1.68. The predicted octanol–water partition coefficient (Wildman–Crippen LogP) is 2.85. The van der Waals surface area contributed by atoms with Gasteiger partial charge in [-0.1, -0.05) is 13.8 Å². The van der Waals surface area contributed by atoms with E-state index in [1.807, 2.05) is 4.90 Å². The van der Waals surface area contributed by atoms with Crippen molar-refractivity contribution in [1.29, 1.82) is 0 Å². The van der Waals surface area contributed by atoms with Crippen LogP contribution >= 0.6 is 11.3 Å². The van der Waals surface area contributed by atoms with E-state index < -0.39 is 0 Å². The molecular formula is C14H20N2OS. The van der Waals surface area contributed by atoms with E-state index in [1.165, 1.54) is 17.8 Å². The van der Waals surface area contributed by atoms with E-state index in [1.54, 1.807) is 11.3 Å². The summed E-state index contributed by atoms with van der Waals surface area (Å²) in [5.74, 6) is 1.10. The van der Waals surface area contributed by atoms with Gasteiger partial charge in [-0.2, -0.15) is 0 Å². The van der Waals surface area contributed by atoms with Gasteiger partial charge in [-0.3, -0.25) is 4.79 Å². The van der Waals surface area contributed by atoms with Gasteiger partial charge in [0.05, 0.1) is 17.2 Å². The van der Waals surface area contributed by atoms with Crippen LogP contribution in [0.3, 0.4) is 0 Å². The Labute approximate surface area is 112 Å². The van der Waals surface area contributed by atoms with E-state index in [4.69, 9.17) is 0 Å². The van der Waals surface area contributed by atoms with E-state index in [9.17, 15) is 4.79 Å². The van der Waals surface area contributed by atoms with Crippen molar-refractivity contribution in [2.24, 2.45) is 11.3 Å². The van der Waals surface area contributed by atoms with E-state index >= 15 is 0 Å². The number of carbonyl (C=O) groups excluding carboxylic acids is 1. The standard InChI is InChI=1S/C14H20N2OS/c1-3-12-15-11(8-18-12)7-16-9-14(2,6-13(16)17)10-4-5-10/h8,10H,3-7,9H2,1-2H3. The van der Waals surface area contributed by atoms with E-state index in [0.717, 1.165) is 31.0 Å². The van der Waals surface area contributed by atoms with Crippen LogP contribution < -0.4 is 0 Å². The van der Waals surface area contributed by atoms with Gasteiger partial charge in [0.1, 0.15) is 0 Å². The average molecular weight is 264 g/mol. The molecule has 1 saturated carbocycles. The van der Waals surface area contributed by atoms with Gasteiger partial charge in [0.25, 0.3) is 0 Å². The van der Waals surface area contributed by atoms with Gasteiger partial charge in [-0.05, 0) is 30.6 Å². The molecule has 0 N–H and O–H groups in total. The third-order valence-electron chi connectivity index (χ3n) is 4.28. The highest BCUT2D eigenvalue weighted by atomic mass is 32.1. The number of amides is 1. The first-order chi connectivity index (χ1) is 8.60. The fraction of sp³-hybridized carbons (Fsp3) is 0.714. The summed E-state index contributed by atoms with van der Waals surface area (Å²) in [5.41, 5.74) is 1.30. The van der Waals surface area contributed by atoms with Gasteiger partial charge in [0.15, 0.2) is 0 Å². The normalized spacial score (nSPS) is 28.1. The minimum atomic E-state index is 0.237. The smallest absolute Gasteiger partial charge is 0.223 e. The number of rotatable bonds is 4. The molecule has 1 aromatic rings. The molecule has 0 bridgehead atoms. The second-order valence-corrected chi connectivity index (χ2v) is 6.88. The van der Waals surface area contributed by atoms with Gasteiger partial charge in [0.2, 0.25) is 5.91 Å². The zero-order valence-corrected chi connectivity index (χ0v) is 11.9. The minimum Gasteiger partial charge on any atom is -0.336 e. The molecule has 2 fully saturated rings. The molecule has 1 amide bonds. The van der Waals surface area contributed by atoms with Crippen molar-refractivity contribution in [2.75, 3.05) is 6.54 Å². The number of aryl methyl sites for hydroxylation is 1. The van der Waals surface area contributed by atoms with Gasteiger partial charge in [-0.25, -0.2) is 4.98 Å². The fourth-order valence-corrected chi connectivity index (χ4v) is 3.75. The molecule has 0 spiro atoms. The lowest BCUT2D eigenvalue weighted by atomic mass is 9.84. The molecular weight excluding hydrogens is 244 g/mol. The monoisotopic (exact) mass is 264 g/mol. The summed E-state index contributed by atoms with van der Waals surface area (Å²) < 4.78 is 0. The molecule has 2 heterocycles. The van der Waals surface area contributed by atoms with Crippen molar-refractivity contribution in [2.45, 2.75) is 46.1 Å². The van der Waals surface area contributed by atoms with Crippen molar-refractivity contribution in [3.8, 4) is 0 Å². The average Bonchev–Trinajstić information content (AvgIpc) is 3.04. The molecule has 4 heteroatoms. The molecule has 98 valence electrons. The van der Waals surface area contributed by atoms with Crippen LogP contribution in [0.25, 0.3) is 0 Å². The van der Waals surface area contributed by atoms with Gasteiger partial charge < -0.3 is 4.90 Å². The maximum atomic E-state index is 12.1. The van der Waals surface area contributed by atoms with Crippen LogP contribution in [0.5, 0.6) is 0 Å². The molecule has 0 aromatic carbocycles. The molecule has 1 aromatic heterocycles. The van der Waals surface area contributed by atoms with Crippen LogP contribution in [-0.4, -0.2) is 22.3 Å². The van der Waals surface area contributed by atoms with E-state index in [0.29, 0.717) is 12.5 Å². The SMILES string of the molecule is CCc1nc(CN2CC(C)(C3CC3)CC2=O)cs1. The molecule has 1 atom stereocenters. The van der Waals surface area contributed by atoms with Crippen LogP contribution in [0.4, 0.5) is 0 Å². The summed E-state index contributed by atoms with van der Waals surface area (Å²) in [6.45, 7) is 6.03. The Morgan fingerprint density at radius 1 is 1.56 bits per heavy atom. The van der Waals surface area contributed by atoms with Crippen LogP contribution in [-0.2, 0) is 17.8 Å². The van der Waals surface area contributed by atoms with Crippen molar-refractivity contribution in [1.82, 2.24) is 9.88 Å². The first kappa shape index (κ1) is 12.2. The molecule has 1 unspecified atom stereocenters. The first-order valence-electron chi connectivity index (χ1n) is 6.82. The van der Waals surface area contributed by atoms with Crippen LogP contribution in [0.2, 0.25) is 0 Å². The zero-order valence-electron chi connectivity index (χ0n) is 11.1. The summed E-state index contributed by atoms with van der Waals surface area (Å²) in [6, 6.07) is 0. The van der Waals surface area contributed by atoms with Crippen LogP contribution in [0, 0.1) is 11.3 Å². The van der Waals surface area contributed by atoms with Crippen molar-refractivity contribution >= 4 is 17.2 Å². The predicted molar refractivity (Wildman–Crippen MR) is 72.4 cm³/mol. The van der Waals surface area contributed by atoms with E-state index in [-0.39, 0.29) is 5.41 Å². The lowest BCUT2D eigenvalue weighted by molar-refractivity contribution is -0.128. The summed E-state index contributed by atoms with van der Waals surface area (Å²) in [7, 11) is 0. The molecule has 2 aliphatic rings. The number of likely N-dealkylation sites (tertiary alicyclic amines) is 1. The number of nitrogens with zero attached hydrogens (tertiary/aromatic N) is 2. The van der Waals surface area contributed by atoms with E-state index in [2.05, 4.69) is 24.2 Å². The van der Waals surface area contributed by atoms with Gasteiger partial charge in [-0.15, -0.1) is 11.3 Å². The van der Waals surface area contributed by atoms with Crippen LogP contribution in [0.15, 0.2) is 5.38 Å². The Morgan fingerprint density at radius 2 is 2.33 bits per heavy atom. The Bertz CT molecular complexity index is 466. The minimum absolute atomic E-state index is 0.237. The maximum Gasteiger partial charge on any atom is 0.223 e. The molecule has 0 radical (unpaired) electrons. The molecule has 1 aliphatic carbocycles. The Kier molecular flexibility index (Phi) is 2.93. The van der Waals surface area contributed by atoms with Gasteiger partial charge >= 0.3 is 0 Å².